The zero-order valence-corrected chi connectivity index (χ0v) is 20.4. The highest BCUT2D eigenvalue weighted by Crippen LogP contribution is 2.28. The Hall–Kier alpha value is -3.08. The van der Waals surface area contributed by atoms with Crippen LogP contribution < -0.4 is 20.7 Å². The average molecular weight is 494 g/mol. The van der Waals surface area contributed by atoms with Crippen molar-refractivity contribution in [2.75, 3.05) is 18.9 Å². The standard InChI is InChI=1S/C25H28BrN5O/c1-16-13-20(7-8-21-11-12-29-21)14-17(2)23(16)32-24(18(3)26)31-25(28-4)30-22-9-5-19(15-27)6-10-22/h5-10,13-14,21,29H,11-12H2,1-4H3,(H2,28,30,31)/b8-7+,24-18-. The Bertz CT molecular complexity index is 1070. The molecule has 0 radical (unpaired) electrons. The lowest BCUT2D eigenvalue weighted by Crippen LogP contribution is -2.40. The van der Waals surface area contributed by atoms with E-state index in [0.29, 0.717) is 23.4 Å². The van der Waals surface area contributed by atoms with E-state index in [9.17, 15) is 0 Å². The summed E-state index contributed by atoms with van der Waals surface area (Å²) in [6, 6.07) is 14.0. The van der Waals surface area contributed by atoms with E-state index in [1.165, 1.54) is 6.42 Å². The van der Waals surface area contributed by atoms with E-state index in [0.717, 1.165) is 39.2 Å². The monoisotopic (exact) mass is 493 g/mol. The highest BCUT2D eigenvalue weighted by Gasteiger charge is 2.14. The number of anilines is 1. The van der Waals surface area contributed by atoms with Gasteiger partial charge in [0.15, 0.2) is 0 Å². The fourth-order valence-electron chi connectivity index (χ4n) is 3.24. The molecule has 7 heteroatoms. The Balaban J connectivity index is 1.73. The van der Waals surface area contributed by atoms with Crippen LogP contribution in [0.2, 0.25) is 0 Å². The molecule has 1 atom stereocenters. The minimum absolute atomic E-state index is 0.483. The molecule has 0 amide bonds. The van der Waals surface area contributed by atoms with Crippen LogP contribution in [0.3, 0.4) is 0 Å². The molecule has 1 fully saturated rings. The summed E-state index contributed by atoms with van der Waals surface area (Å²) in [4.78, 5) is 4.28. The predicted molar refractivity (Wildman–Crippen MR) is 135 cm³/mol. The van der Waals surface area contributed by atoms with Gasteiger partial charge in [-0.3, -0.25) is 10.3 Å². The van der Waals surface area contributed by atoms with Gasteiger partial charge >= 0.3 is 0 Å². The van der Waals surface area contributed by atoms with Gasteiger partial charge in [0.1, 0.15) is 5.75 Å². The first-order chi connectivity index (χ1) is 15.4. The van der Waals surface area contributed by atoms with Crippen molar-refractivity contribution in [3.63, 3.8) is 0 Å². The van der Waals surface area contributed by atoms with Gasteiger partial charge in [-0.25, -0.2) is 0 Å². The molecule has 1 unspecified atom stereocenters. The molecule has 0 aliphatic carbocycles. The molecule has 1 aliphatic rings. The second kappa shape index (κ2) is 11.0. The number of guanidine groups is 1. The summed E-state index contributed by atoms with van der Waals surface area (Å²) >= 11 is 3.53. The number of benzene rings is 2. The maximum Gasteiger partial charge on any atom is 0.210 e. The molecule has 32 heavy (non-hydrogen) atoms. The average Bonchev–Trinajstić information content (AvgIpc) is 2.73. The van der Waals surface area contributed by atoms with Gasteiger partial charge < -0.3 is 15.4 Å². The summed E-state index contributed by atoms with van der Waals surface area (Å²) in [6.07, 6.45) is 5.57. The highest BCUT2D eigenvalue weighted by atomic mass is 79.9. The lowest BCUT2D eigenvalue weighted by atomic mass is 10.0. The molecule has 3 N–H and O–H groups in total. The van der Waals surface area contributed by atoms with Crippen molar-refractivity contribution >= 4 is 33.7 Å². The van der Waals surface area contributed by atoms with Gasteiger partial charge in [-0.2, -0.15) is 5.26 Å². The molecular formula is C25H28BrN5O. The lowest BCUT2D eigenvalue weighted by Gasteiger charge is -2.24. The third kappa shape index (κ3) is 6.22. The largest absolute Gasteiger partial charge is 0.440 e. The van der Waals surface area contributed by atoms with Crippen LogP contribution in [0.1, 0.15) is 35.6 Å². The van der Waals surface area contributed by atoms with E-state index in [2.05, 4.69) is 67.2 Å². The van der Waals surface area contributed by atoms with Crippen LogP contribution in [0.15, 0.2) is 57.8 Å². The van der Waals surface area contributed by atoms with Crippen LogP contribution in [0.4, 0.5) is 5.69 Å². The fourth-order valence-corrected chi connectivity index (χ4v) is 3.42. The molecule has 166 valence electrons. The molecule has 6 nitrogen and oxygen atoms in total. The molecular weight excluding hydrogens is 466 g/mol. The third-order valence-electron chi connectivity index (χ3n) is 5.11. The predicted octanol–water partition coefficient (Wildman–Crippen LogP) is 5.20. The van der Waals surface area contributed by atoms with Crippen molar-refractivity contribution in [1.29, 1.82) is 5.26 Å². The number of aryl methyl sites for hydroxylation is 2. The van der Waals surface area contributed by atoms with Crippen molar-refractivity contribution in [2.24, 2.45) is 4.99 Å². The Labute approximate surface area is 198 Å². The van der Waals surface area contributed by atoms with Gasteiger partial charge in [-0.1, -0.05) is 28.1 Å². The van der Waals surface area contributed by atoms with Crippen LogP contribution in [0.25, 0.3) is 6.08 Å². The number of halogens is 1. The number of nitrogens with one attached hydrogen (secondary N) is 3. The summed E-state index contributed by atoms with van der Waals surface area (Å²) in [5, 5.41) is 18.8. The van der Waals surface area contributed by atoms with Crippen molar-refractivity contribution < 1.29 is 4.74 Å². The Morgan fingerprint density at radius 3 is 2.41 bits per heavy atom. The molecule has 0 bridgehead atoms. The molecule has 0 spiro atoms. The van der Waals surface area contributed by atoms with E-state index < -0.39 is 0 Å². The first kappa shape index (κ1) is 23.6. The Kier molecular flexibility index (Phi) is 8.09. The highest BCUT2D eigenvalue weighted by molar-refractivity contribution is 9.11. The van der Waals surface area contributed by atoms with Crippen molar-refractivity contribution in [3.8, 4) is 11.8 Å². The Morgan fingerprint density at radius 2 is 1.91 bits per heavy atom. The quantitative estimate of drug-likeness (QED) is 0.292. The van der Waals surface area contributed by atoms with Crippen molar-refractivity contribution in [3.05, 3.63) is 75.1 Å². The maximum absolute atomic E-state index is 8.97. The van der Waals surface area contributed by atoms with Gasteiger partial charge in [0, 0.05) is 18.8 Å². The number of hydrogen-bond donors (Lipinski definition) is 3. The number of nitriles is 1. The lowest BCUT2D eigenvalue weighted by molar-refractivity contribution is 0.395. The number of hydrogen-bond acceptors (Lipinski definition) is 4. The fraction of sp³-hybridized carbons (Fsp3) is 0.280. The van der Waals surface area contributed by atoms with Crippen LogP contribution in [0, 0.1) is 25.2 Å². The second-order valence-electron chi connectivity index (χ2n) is 7.67. The first-order valence-corrected chi connectivity index (χ1v) is 11.3. The zero-order chi connectivity index (χ0) is 23.1. The van der Waals surface area contributed by atoms with E-state index in [1.54, 1.807) is 19.2 Å². The SMILES string of the molecule is CN=C(N/C(Oc1c(C)cc(/C=C/C2CCN2)cc1C)=C(\C)Br)Nc1ccc(C#N)cc1. The van der Waals surface area contributed by atoms with E-state index in [1.807, 2.05) is 32.9 Å². The van der Waals surface area contributed by atoms with Crippen LogP contribution in [-0.4, -0.2) is 25.6 Å². The third-order valence-corrected chi connectivity index (χ3v) is 5.47. The van der Waals surface area contributed by atoms with Gasteiger partial charge in [0.25, 0.3) is 0 Å². The molecule has 0 saturated carbocycles. The molecule has 1 saturated heterocycles. The summed E-state index contributed by atoms with van der Waals surface area (Å²) in [5.41, 5.74) is 4.68. The summed E-state index contributed by atoms with van der Waals surface area (Å²) < 4.78 is 7.08. The topological polar surface area (TPSA) is 81.5 Å². The van der Waals surface area contributed by atoms with E-state index in [-0.39, 0.29) is 0 Å². The number of ether oxygens (including phenoxy) is 1. The molecule has 3 rings (SSSR count). The summed E-state index contributed by atoms with van der Waals surface area (Å²) in [7, 11) is 1.69. The van der Waals surface area contributed by atoms with Crippen LogP contribution in [-0.2, 0) is 0 Å². The summed E-state index contributed by atoms with van der Waals surface area (Å²) in [6.45, 7) is 7.10. The molecule has 1 aliphatic heterocycles. The maximum atomic E-state index is 8.97. The molecule has 2 aromatic rings. The number of aliphatic imine (C=N–C) groups is 1. The normalized spacial score (nSPS) is 16.8. The number of rotatable bonds is 6. The van der Waals surface area contributed by atoms with Gasteiger partial charge in [0.05, 0.1) is 16.1 Å². The van der Waals surface area contributed by atoms with Crippen molar-refractivity contribution in [1.82, 2.24) is 10.6 Å². The van der Waals surface area contributed by atoms with E-state index >= 15 is 0 Å². The van der Waals surface area contributed by atoms with Crippen LogP contribution >= 0.6 is 15.9 Å². The molecule has 1 heterocycles. The van der Waals surface area contributed by atoms with Gasteiger partial charge in [-0.15, -0.1) is 0 Å². The van der Waals surface area contributed by atoms with Crippen molar-refractivity contribution in [2.45, 2.75) is 33.2 Å². The zero-order valence-electron chi connectivity index (χ0n) is 18.8. The Morgan fingerprint density at radius 1 is 1.25 bits per heavy atom. The number of nitrogens with zero attached hydrogens (tertiary/aromatic N) is 2. The smallest absolute Gasteiger partial charge is 0.210 e. The van der Waals surface area contributed by atoms with Crippen LogP contribution in [0.5, 0.6) is 5.75 Å². The van der Waals surface area contributed by atoms with E-state index in [4.69, 9.17) is 10.00 Å². The van der Waals surface area contributed by atoms with Gasteiger partial charge in [0.2, 0.25) is 11.8 Å². The summed E-state index contributed by atoms with van der Waals surface area (Å²) in [5.74, 6) is 1.87. The van der Waals surface area contributed by atoms with Gasteiger partial charge in [-0.05, 0) is 86.8 Å². The number of allylic oxidation sites excluding steroid dienone is 1. The minimum atomic E-state index is 0.483. The molecule has 0 aromatic heterocycles. The second-order valence-corrected chi connectivity index (χ2v) is 8.86. The minimum Gasteiger partial charge on any atom is -0.440 e. The first-order valence-electron chi connectivity index (χ1n) is 10.5. The molecule has 2 aromatic carbocycles.